The third-order valence-corrected chi connectivity index (χ3v) is 5.81. The maximum absolute atomic E-state index is 13.8. The van der Waals surface area contributed by atoms with Crippen molar-refractivity contribution in [1.29, 1.82) is 0 Å². The standard InChI is InChI=1S/C14H21FN2O2S/c1-9-4-11(3)17(8-9)20(18,19)13-5-10(2)14(15)12(6-13)7-16/h5-6,9,11H,4,7-8,16H2,1-3H3. The van der Waals surface area contributed by atoms with Crippen molar-refractivity contribution in [2.45, 2.75) is 44.7 Å². The van der Waals surface area contributed by atoms with E-state index in [0.29, 0.717) is 18.0 Å². The van der Waals surface area contributed by atoms with Crippen LogP contribution in [0.3, 0.4) is 0 Å². The van der Waals surface area contributed by atoms with Crippen LogP contribution in [0.25, 0.3) is 0 Å². The van der Waals surface area contributed by atoms with Crippen LogP contribution in [0.15, 0.2) is 17.0 Å². The van der Waals surface area contributed by atoms with E-state index in [9.17, 15) is 12.8 Å². The monoisotopic (exact) mass is 300 g/mol. The molecule has 1 saturated heterocycles. The molecule has 2 N–H and O–H groups in total. The van der Waals surface area contributed by atoms with Gasteiger partial charge in [0, 0.05) is 24.7 Å². The Hall–Kier alpha value is -0.980. The highest BCUT2D eigenvalue weighted by Gasteiger charge is 2.36. The van der Waals surface area contributed by atoms with Gasteiger partial charge in [-0.05, 0) is 43.9 Å². The topological polar surface area (TPSA) is 63.4 Å². The van der Waals surface area contributed by atoms with Gasteiger partial charge in [-0.25, -0.2) is 12.8 Å². The Kier molecular flexibility index (Phi) is 4.18. The Bertz CT molecular complexity index is 616. The molecule has 4 nitrogen and oxygen atoms in total. The van der Waals surface area contributed by atoms with E-state index in [-0.39, 0.29) is 23.0 Å². The zero-order chi connectivity index (χ0) is 15.1. The van der Waals surface area contributed by atoms with E-state index in [4.69, 9.17) is 5.73 Å². The van der Waals surface area contributed by atoms with Crippen molar-refractivity contribution in [3.05, 3.63) is 29.1 Å². The molecule has 0 aromatic heterocycles. The lowest BCUT2D eigenvalue weighted by Crippen LogP contribution is -2.34. The fraction of sp³-hybridized carbons (Fsp3) is 0.571. The van der Waals surface area contributed by atoms with Gasteiger partial charge in [-0.2, -0.15) is 4.31 Å². The average Bonchev–Trinajstić information content (AvgIpc) is 2.72. The number of hydrogen-bond donors (Lipinski definition) is 1. The summed E-state index contributed by atoms with van der Waals surface area (Å²) in [6, 6.07) is 2.72. The molecule has 0 amide bonds. The second-order valence-corrected chi connectivity index (χ2v) is 7.57. The number of rotatable bonds is 3. The van der Waals surface area contributed by atoms with Gasteiger partial charge < -0.3 is 5.73 Å². The van der Waals surface area contributed by atoms with Crippen LogP contribution < -0.4 is 5.73 Å². The molecule has 1 aromatic rings. The zero-order valence-electron chi connectivity index (χ0n) is 12.1. The molecular formula is C14H21FN2O2S. The molecule has 1 heterocycles. The maximum Gasteiger partial charge on any atom is 0.243 e. The Balaban J connectivity index is 2.47. The highest BCUT2D eigenvalue weighted by Crippen LogP contribution is 2.30. The summed E-state index contributed by atoms with van der Waals surface area (Å²) in [5, 5.41) is 0. The Morgan fingerprint density at radius 3 is 2.55 bits per heavy atom. The summed E-state index contributed by atoms with van der Waals surface area (Å²) in [5.41, 5.74) is 6.04. The Morgan fingerprint density at radius 1 is 1.40 bits per heavy atom. The third kappa shape index (κ3) is 2.60. The minimum Gasteiger partial charge on any atom is -0.326 e. The lowest BCUT2D eigenvalue weighted by Gasteiger charge is -2.21. The van der Waals surface area contributed by atoms with Crippen LogP contribution in [0.2, 0.25) is 0 Å². The Morgan fingerprint density at radius 2 is 2.05 bits per heavy atom. The van der Waals surface area contributed by atoms with E-state index in [2.05, 4.69) is 0 Å². The molecule has 0 bridgehead atoms. The molecule has 2 unspecified atom stereocenters. The van der Waals surface area contributed by atoms with Gasteiger partial charge in [-0.3, -0.25) is 0 Å². The van der Waals surface area contributed by atoms with E-state index in [1.54, 1.807) is 6.92 Å². The summed E-state index contributed by atoms with van der Waals surface area (Å²) in [6.45, 7) is 6.00. The number of aryl methyl sites for hydroxylation is 1. The van der Waals surface area contributed by atoms with Gasteiger partial charge in [-0.15, -0.1) is 0 Å². The molecule has 6 heteroatoms. The molecule has 1 fully saturated rings. The largest absolute Gasteiger partial charge is 0.326 e. The number of sulfonamides is 1. The van der Waals surface area contributed by atoms with Gasteiger partial charge in [0.1, 0.15) is 5.82 Å². The summed E-state index contributed by atoms with van der Waals surface area (Å²) >= 11 is 0. The molecule has 1 aromatic carbocycles. The lowest BCUT2D eigenvalue weighted by atomic mass is 10.1. The highest BCUT2D eigenvalue weighted by atomic mass is 32.2. The first kappa shape index (κ1) is 15.4. The predicted octanol–water partition coefficient (Wildman–Crippen LogP) is 2.01. The molecule has 20 heavy (non-hydrogen) atoms. The molecule has 0 spiro atoms. The van der Waals surface area contributed by atoms with Gasteiger partial charge in [0.05, 0.1) is 4.90 Å². The summed E-state index contributed by atoms with van der Waals surface area (Å²) in [7, 11) is -3.58. The number of benzene rings is 1. The Labute approximate surface area is 119 Å². The summed E-state index contributed by atoms with van der Waals surface area (Å²) in [4.78, 5) is 0.137. The average molecular weight is 300 g/mol. The zero-order valence-corrected chi connectivity index (χ0v) is 12.9. The number of halogens is 1. The number of nitrogens with zero attached hydrogens (tertiary/aromatic N) is 1. The van der Waals surface area contributed by atoms with Gasteiger partial charge in [0.15, 0.2) is 0 Å². The first-order valence-electron chi connectivity index (χ1n) is 6.78. The molecule has 1 aliphatic heterocycles. The van der Waals surface area contributed by atoms with Crippen LogP contribution in [0.5, 0.6) is 0 Å². The number of nitrogens with two attached hydrogens (primary N) is 1. The maximum atomic E-state index is 13.8. The molecule has 112 valence electrons. The molecule has 1 aliphatic rings. The van der Waals surface area contributed by atoms with Crippen LogP contribution >= 0.6 is 0 Å². The van der Waals surface area contributed by atoms with Crippen molar-refractivity contribution in [1.82, 2.24) is 4.31 Å². The van der Waals surface area contributed by atoms with Crippen LogP contribution in [0, 0.1) is 18.7 Å². The lowest BCUT2D eigenvalue weighted by molar-refractivity contribution is 0.405. The van der Waals surface area contributed by atoms with Crippen LogP contribution in [0.1, 0.15) is 31.4 Å². The summed E-state index contributed by atoms with van der Waals surface area (Å²) in [6.07, 6.45) is 0.850. The first-order valence-corrected chi connectivity index (χ1v) is 8.22. The van der Waals surface area contributed by atoms with E-state index in [0.717, 1.165) is 6.42 Å². The van der Waals surface area contributed by atoms with Crippen molar-refractivity contribution >= 4 is 10.0 Å². The van der Waals surface area contributed by atoms with E-state index in [1.165, 1.54) is 16.4 Å². The van der Waals surface area contributed by atoms with Crippen LogP contribution in [-0.4, -0.2) is 25.3 Å². The van der Waals surface area contributed by atoms with E-state index < -0.39 is 15.8 Å². The van der Waals surface area contributed by atoms with Crippen molar-refractivity contribution in [3.8, 4) is 0 Å². The van der Waals surface area contributed by atoms with Crippen molar-refractivity contribution in [3.63, 3.8) is 0 Å². The van der Waals surface area contributed by atoms with Crippen molar-refractivity contribution < 1.29 is 12.8 Å². The molecule has 2 atom stereocenters. The SMILES string of the molecule is Cc1cc(S(=O)(=O)N2CC(C)CC2C)cc(CN)c1F. The third-order valence-electron chi connectivity index (χ3n) is 3.86. The smallest absolute Gasteiger partial charge is 0.243 e. The van der Waals surface area contributed by atoms with Crippen LogP contribution in [-0.2, 0) is 16.6 Å². The van der Waals surface area contributed by atoms with Crippen molar-refractivity contribution in [2.75, 3.05) is 6.54 Å². The second kappa shape index (κ2) is 5.42. The van der Waals surface area contributed by atoms with E-state index in [1.807, 2.05) is 13.8 Å². The van der Waals surface area contributed by atoms with Gasteiger partial charge in [-0.1, -0.05) is 6.92 Å². The number of hydrogen-bond acceptors (Lipinski definition) is 3. The van der Waals surface area contributed by atoms with Crippen LogP contribution in [0.4, 0.5) is 4.39 Å². The molecule has 2 rings (SSSR count). The van der Waals surface area contributed by atoms with Crippen molar-refractivity contribution in [2.24, 2.45) is 11.7 Å². The molecule has 0 radical (unpaired) electrons. The normalized spacial score (nSPS) is 24.2. The molecule has 0 aliphatic carbocycles. The highest BCUT2D eigenvalue weighted by molar-refractivity contribution is 7.89. The minimum absolute atomic E-state index is 0.0119. The minimum atomic E-state index is -3.58. The summed E-state index contributed by atoms with van der Waals surface area (Å²) in [5.74, 6) is -0.0791. The van der Waals surface area contributed by atoms with Gasteiger partial charge in [0.25, 0.3) is 0 Å². The van der Waals surface area contributed by atoms with E-state index >= 15 is 0 Å². The van der Waals surface area contributed by atoms with Gasteiger partial charge >= 0.3 is 0 Å². The quantitative estimate of drug-likeness (QED) is 0.929. The summed E-state index contributed by atoms with van der Waals surface area (Å²) < 4.78 is 40.7. The van der Waals surface area contributed by atoms with Gasteiger partial charge in [0.2, 0.25) is 10.0 Å². The fourth-order valence-electron chi connectivity index (χ4n) is 2.84. The second-order valence-electron chi connectivity index (χ2n) is 5.68. The molecule has 0 saturated carbocycles. The predicted molar refractivity (Wildman–Crippen MR) is 76.2 cm³/mol. The molecular weight excluding hydrogens is 279 g/mol. The first-order chi connectivity index (χ1) is 9.27. The fourth-order valence-corrected chi connectivity index (χ4v) is 4.73.